The van der Waals surface area contributed by atoms with Crippen molar-refractivity contribution in [1.82, 2.24) is 4.98 Å². The quantitative estimate of drug-likeness (QED) is 0.742. The molecule has 1 atom stereocenters. The molecule has 1 amide bonds. The van der Waals surface area contributed by atoms with Gasteiger partial charge in [0.15, 0.2) is 5.82 Å². The van der Waals surface area contributed by atoms with Crippen LogP contribution in [0.3, 0.4) is 0 Å². The number of nitrogens with zero attached hydrogens (tertiary/aromatic N) is 3. The standard InChI is InChI=1S/C10H12N4O/c1-6-7(2)13-14(10(6)15)9-5-8(11)3-4-12-9/h3-6H,1-2H3,(H2,11,12)/t6-/m1/s1. The van der Waals surface area contributed by atoms with Gasteiger partial charge in [0.2, 0.25) is 0 Å². The molecule has 2 N–H and O–H groups in total. The second-order valence-electron chi connectivity index (χ2n) is 3.56. The van der Waals surface area contributed by atoms with E-state index in [0.717, 1.165) is 5.71 Å². The molecule has 78 valence electrons. The molecule has 0 saturated carbocycles. The average molecular weight is 204 g/mol. The topological polar surface area (TPSA) is 71.6 Å². The van der Waals surface area contributed by atoms with Crippen LogP contribution in [0.15, 0.2) is 23.4 Å². The molecule has 0 saturated heterocycles. The van der Waals surface area contributed by atoms with Crippen molar-refractivity contribution < 1.29 is 4.79 Å². The molecule has 2 heterocycles. The molecule has 0 spiro atoms. The highest BCUT2D eigenvalue weighted by Crippen LogP contribution is 2.22. The van der Waals surface area contributed by atoms with Crippen molar-refractivity contribution in [2.45, 2.75) is 13.8 Å². The molecule has 0 fully saturated rings. The molecule has 0 bridgehead atoms. The summed E-state index contributed by atoms with van der Waals surface area (Å²) >= 11 is 0. The summed E-state index contributed by atoms with van der Waals surface area (Å²) in [6.07, 6.45) is 1.56. The molecule has 0 aliphatic carbocycles. The molecule has 2 rings (SSSR count). The van der Waals surface area contributed by atoms with Crippen LogP contribution in [0.25, 0.3) is 0 Å². The zero-order valence-electron chi connectivity index (χ0n) is 8.64. The summed E-state index contributed by atoms with van der Waals surface area (Å²) in [5.74, 6) is 0.238. The smallest absolute Gasteiger partial charge is 0.257 e. The fraction of sp³-hybridized carbons (Fsp3) is 0.300. The lowest BCUT2D eigenvalue weighted by Gasteiger charge is -2.11. The highest BCUT2D eigenvalue weighted by molar-refractivity contribution is 6.14. The van der Waals surface area contributed by atoms with Gasteiger partial charge in [0.25, 0.3) is 5.91 Å². The number of anilines is 2. The summed E-state index contributed by atoms with van der Waals surface area (Å²) in [6, 6.07) is 3.30. The van der Waals surface area contributed by atoms with Gasteiger partial charge in [-0.1, -0.05) is 0 Å². The second kappa shape index (κ2) is 3.34. The SMILES string of the molecule is CC1=NN(c2cc(N)ccn2)C(=O)[C@@H]1C. The van der Waals surface area contributed by atoms with Crippen LogP contribution in [0.4, 0.5) is 11.5 Å². The van der Waals surface area contributed by atoms with E-state index in [1.807, 2.05) is 13.8 Å². The molecule has 1 aliphatic heterocycles. The Labute approximate surface area is 87.6 Å². The number of carbonyl (C=O) groups excluding carboxylic acids is 1. The number of pyridine rings is 1. The van der Waals surface area contributed by atoms with E-state index in [-0.39, 0.29) is 11.8 Å². The third-order valence-corrected chi connectivity index (χ3v) is 2.45. The molecule has 1 aromatic rings. The minimum Gasteiger partial charge on any atom is -0.399 e. The Morgan fingerprint density at radius 3 is 2.80 bits per heavy atom. The number of nitrogens with two attached hydrogens (primary N) is 1. The fourth-order valence-electron chi connectivity index (χ4n) is 1.37. The minimum atomic E-state index is -0.173. The van der Waals surface area contributed by atoms with Gasteiger partial charge in [-0.2, -0.15) is 10.1 Å². The maximum absolute atomic E-state index is 11.8. The largest absolute Gasteiger partial charge is 0.399 e. The second-order valence-corrected chi connectivity index (χ2v) is 3.56. The predicted octanol–water partition coefficient (Wildman–Crippen LogP) is 1.02. The Morgan fingerprint density at radius 1 is 1.53 bits per heavy atom. The van der Waals surface area contributed by atoms with Gasteiger partial charge in [0, 0.05) is 23.7 Å². The Bertz CT molecular complexity index is 441. The van der Waals surface area contributed by atoms with E-state index in [1.165, 1.54) is 5.01 Å². The van der Waals surface area contributed by atoms with Gasteiger partial charge in [-0.05, 0) is 19.9 Å². The highest BCUT2D eigenvalue weighted by atomic mass is 16.2. The number of carbonyl (C=O) groups is 1. The summed E-state index contributed by atoms with van der Waals surface area (Å²) in [4.78, 5) is 15.8. The van der Waals surface area contributed by atoms with E-state index < -0.39 is 0 Å². The van der Waals surface area contributed by atoms with Crippen molar-refractivity contribution in [2.75, 3.05) is 10.7 Å². The molecule has 0 aromatic carbocycles. The maximum atomic E-state index is 11.8. The first kappa shape index (κ1) is 9.64. The molecular weight excluding hydrogens is 192 g/mol. The monoisotopic (exact) mass is 204 g/mol. The summed E-state index contributed by atoms with van der Waals surface area (Å²) in [5, 5.41) is 5.45. The lowest BCUT2D eigenvalue weighted by molar-refractivity contribution is -0.119. The predicted molar refractivity (Wildman–Crippen MR) is 58.4 cm³/mol. The van der Waals surface area contributed by atoms with Gasteiger partial charge in [0.05, 0.1) is 5.92 Å². The van der Waals surface area contributed by atoms with Crippen molar-refractivity contribution >= 4 is 23.1 Å². The number of hydrazone groups is 1. The Morgan fingerprint density at radius 2 is 2.27 bits per heavy atom. The van der Waals surface area contributed by atoms with Gasteiger partial charge < -0.3 is 5.73 Å². The van der Waals surface area contributed by atoms with Crippen molar-refractivity contribution in [3.63, 3.8) is 0 Å². The summed E-state index contributed by atoms with van der Waals surface area (Å²) < 4.78 is 0. The van der Waals surface area contributed by atoms with E-state index in [9.17, 15) is 4.79 Å². The van der Waals surface area contributed by atoms with Crippen LogP contribution in [0, 0.1) is 5.92 Å². The lowest BCUT2D eigenvalue weighted by Crippen LogP contribution is -2.25. The number of rotatable bonds is 1. The number of aromatic nitrogens is 1. The Hall–Kier alpha value is -1.91. The van der Waals surface area contributed by atoms with E-state index in [2.05, 4.69) is 10.1 Å². The third-order valence-electron chi connectivity index (χ3n) is 2.45. The minimum absolute atomic E-state index is 0.0643. The maximum Gasteiger partial charge on any atom is 0.257 e. The van der Waals surface area contributed by atoms with Gasteiger partial charge in [-0.25, -0.2) is 4.98 Å². The molecule has 15 heavy (non-hydrogen) atoms. The number of hydrogen-bond acceptors (Lipinski definition) is 4. The van der Waals surface area contributed by atoms with E-state index in [4.69, 9.17) is 5.73 Å². The molecule has 0 radical (unpaired) electrons. The molecule has 1 aromatic heterocycles. The van der Waals surface area contributed by atoms with Crippen LogP contribution in [0.2, 0.25) is 0 Å². The van der Waals surface area contributed by atoms with Crippen LogP contribution in [0.5, 0.6) is 0 Å². The number of nitrogen functional groups attached to an aromatic ring is 1. The van der Waals surface area contributed by atoms with Crippen molar-refractivity contribution in [3.05, 3.63) is 18.3 Å². The van der Waals surface area contributed by atoms with Gasteiger partial charge in [-0.3, -0.25) is 4.79 Å². The van der Waals surface area contributed by atoms with Gasteiger partial charge in [0.1, 0.15) is 0 Å². The molecule has 0 unspecified atom stereocenters. The van der Waals surface area contributed by atoms with Gasteiger partial charge in [-0.15, -0.1) is 0 Å². The normalized spacial score (nSPS) is 20.7. The summed E-state index contributed by atoms with van der Waals surface area (Å²) in [6.45, 7) is 3.66. The fourth-order valence-corrected chi connectivity index (χ4v) is 1.37. The summed E-state index contributed by atoms with van der Waals surface area (Å²) in [7, 11) is 0. The van der Waals surface area contributed by atoms with E-state index in [1.54, 1.807) is 18.3 Å². The lowest BCUT2D eigenvalue weighted by atomic mass is 10.1. The molecule has 5 heteroatoms. The van der Waals surface area contributed by atoms with Crippen LogP contribution in [-0.4, -0.2) is 16.6 Å². The molecule has 5 nitrogen and oxygen atoms in total. The highest BCUT2D eigenvalue weighted by Gasteiger charge is 2.31. The van der Waals surface area contributed by atoms with Crippen LogP contribution < -0.4 is 10.7 Å². The first-order valence-electron chi connectivity index (χ1n) is 4.70. The molecular formula is C10H12N4O. The zero-order chi connectivity index (χ0) is 11.0. The summed E-state index contributed by atoms with van der Waals surface area (Å²) in [5.41, 5.74) is 6.98. The van der Waals surface area contributed by atoms with E-state index >= 15 is 0 Å². The third kappa shape index (κ3) is 1.56. The first-order chi connectivity index (χ1) is 7.09. The number of hydrogen-bond donors (Lipinski definition) is 1. The van der Waals surface area contributed by atoms with Crippen LogP contribution in [0.1, 0.15) is 13.8 Å². The average Bonchev–Trinajstić information content (AvgIpc) is 2.46. The van der Waals surface area contributed by atoms with Crippen molar-refractivity contribution in [2.24, 2.45) is 11.0 Å². The molecule has 1 aliphatic rings. The van der Waals surface area contributed by atoms with Crippen LogP contribution >= 0.6 is 0 Å². The van der Waals surface area contributed by atoms with Crippen molar-refractivity contribution in [1.29, 1.82) is 0 Å². The number of amides is 1. The van der Waals surface area contributed by atoms with Crippen LogP contribution in [-0.2, 0) is 4.79 Å². The Balaban J connectivity index is 2.37. The van der Waals surface area contributed by atoms with Gasteiger partial charge >= 0.3 is 0 Å². The zero-order valence-corrected chi connectivity index (χ0v) is 8.64. The Kier molecular flexibility index (Phi) is 2.15. The first-order valence-corrected chi connectivity index (χ1v) is 4.70. The van der Waals surface area contributed by atoms with Crippen molar-refractivity contribution in [3.8, 4) is 0 Å². The van der Waals surface area contributed by atoms with E-state index in [0.29, 0.717) is 11.5 Å².